The second-order valence-electron chi connectivity index (χ2n) is 3.27. The van der Waals surface area contributed by atoms with Gasteiger partial charge in [-0.25, -0.2) is 5.11 Å². The van der Waals surface area contributed by atoms with Gasteiger partial charge < -0.3 is 0 Å². The highest BCUT2D eigenvalue weighted by Crippen LogP contribution is 2.07. The number of hydrogen-bond acceptors (Lipinski definition) is 1. The van der Waals surface area contributed by atoms with Crippen molar-refractivity contribution in [3.63, 3.8) is 0 Å². The number of hydrogen-bond donors (Lipinski definition) is 1. The van der Waals surface area contributed by atoms with Crippen molar-refractivity contribution in [2.75, 3.05) is 6.54 Å². The molecule has 0 aliphatic rings. The van der Waals surface area contributed by atoms with Crippen LogP contribution in [0.4, 0.5) is 0 Å². The molecule has 0 saturated carbocycles. The van der Waals surface area contributed by atoms with E-state index in [0.29, 0.717) is 11.8 Å². The molecule has 0 aliphatic carbocycles. The average molecular weight is 144 g/mol. The SMILES string of the molecule is CC([O])NCC(C)C(C)C. The van der Waals surface area contributed by atoms with Gasteiger partial charge in [-0.05, 0) is 18.8 Å². The van der Waals surface area contributed by atoms with Gasteiger partial charge in [0.2, 0.25) is 0 Å². The third-order valence-corrected chi connectivity index (χ3v) is 1.87. The Kier molecular flexibility index (Phi) is 4.65. The topological polar surface area (TPSA) is 31.9 Å². The largest absolute Gasteiger partial charge is 0.289 e. The van der Waals surface area contributed by atoms with Crippen molar-refractivity contribution in [3.05, 3.63) is 0 Å². The molecule has 0 spiro atoms. The first-order valence-electron chi connectivity index (χ1n) is 3.93. The standard InChI is InChI=1S/C8H18NO/c1-6(2)7(3)5-9-8(4)10/h6-9H,5H2,1-4H3. The highest BCUT2D eigenvalue weighted by Gasteiger charge is 2.07. The maximum Gasteiger partial charge on any atom is 0.140 e. The van der Waals surface area contributed by atoms with E-state index in [1.807, 2.05) is 0 Å². The highest BCUT2D eigenvalue weighted by atomic mass is 16.3. The molecule has 1 N–H and O–H groups in total. The monoisotopic (exact) mass is 144 g/mol. The molecule has 0 aromatic rings. The van der Waals surface area contributed by atoms with E-state index in [-0.39, 0.29) is 0 Å². The van der Waals surface area contributed by atoms with Crippen molar-refractivity contribution in [1.82, 2.24) is 5.32 Å². The third-order valence-electron chi connectivity index (χ3n) is 1.87. The van der Waals surface area contributed by atoms with Crippen LogP contribution in [0.1, 0.15) is 27.7 Å². The minimum atomic E-state index is -0.624. The van der Waals surface area contributed by atoms with E-state index < -0.39 is 6.23 Å². The molecule has 0 aromatic heterocycles. The van der Waals surface area contributed by atoms with E-state index >= 15 is 0 Å². The minimum Gasteiger partial charge on any atom is -0.289 e. The van der Waals surface area contributed by atoms with Crippen LogP contribution in [0, 0.1) is 11.8 Å². The summed E-state index contributed by atoms with van der Waals surface area (Å²) >= 11 is 0. The van der Waals surface area contributed by atoms with Crippen molar-refractivity contribution in [2.24, 2.45) is 11.8 Å². The van der Waals surface area contributed by atoms with Gasteiger partial charge in [-0.15, -0.1) is 0 Å². The van der Waals surface area contributed by atoms with Crippen LogP contribution in [0.3, 0.4) is 0 Å². The molecule has 0 fully saturated rings. The summed E-state index contributed by atoms with van der Waals surface area (Å²) in [5.41, 5.74) is 0. The summed E-state index contributed by atoms with van der Waals surface area (Å²) in [4.78, 5) is 0. The third kappa shape index (κ3) is 4.77. The van der Waals surface area contributed by atoms with Gasteiger partial charge in [-0.3, -0.25) is 5.32 Å². The molecule has 0 bridgehead atoms. The molecule has 0 amide bonds. The fourth-order valence-electron chi connectivity index (χ4n) is 0.588. The molecule has 10 heavy (non-hydrogen) atoms. The lowest BCUT2D eigenvalue weighted by atomic mass is 9.98. The highest BCUT2D eigenvalue weighted by molar-refractivity contribution is 4.60. The quantitative estimate of drug-likeness (QED) is 0.598. The predicted octanol–water partition coefficient (Wildman–Crippen LogP) is 1.64. The first-order chi connectivity index (χ1) is 4.54. The Morgan fingerprint density at radius 1 is 1.20 bits per heavy atom. The van der Waals surface area contributed by atoms with Gasteiger partial charge in [0.15, 0.2) is 0 Å². The van der Waals surface area contributed by atoms with Crippen LogP contribution in [0.5, 0.6) is 0 Å². The normalized spacial score (nSPS) is 17.4. The number of nitrogens with one attached hydrogen (secondary N) is 1. The molecule has 0 saturated heterocycles. The van der Waals surface area contributed by atoms with Gasteiger partial charge in [-0.2, -0.15) is 0 Å². The summed E-state index contributed by atoms with van der Waals surface area (Å²) in [6.45, 7) is 8.96. The molecule has 2 atom stereocenters. The lowest BCUT2D eigenvalue weighted by Gasteiger charge is -2.16. The molecule has 0 rings (SSSR count). The van der Waals surface area contributed by atoms with Crippen molar-refractivity contribution >= 4 is 0 Å². The van der Waals surface area contributed by atoms with Crippen LogP contribution in [0.15, 0.2) is 0 Å². The Labute approximate surface area is 63.6 Å². The van der Waals surface area contributed by atoms with E-state index in [9.17, 15) is 5.11 Å². The fraction of sp³-hybridized carbons (Fsp3) is 1.00. The molecular weight excluding hydrogens is 126 g/mol. The van der Waals surface area contributed by atoms with Crippen LogP contribution in [-0.2, 0) is 5.11 Å². The molecule has 61 valence electrons. The summed E-state index contributed by atoms with van der Waals surface area (Å²) in [6, 6.07) is 0. The van der Waals surface area contributed by atoms with Gasteiger partial charge in [0.05, 0.1) is 0 Å². The van der Waals surface area contributed by atoms with Crippen LogP contribution in [0.2, 0.25) is 0 Å². The van der Waals surface area contributed by atoms with E-state index in [1.54, 1.807) is 6.92 Å². The van der Waals surface area contributed by atoms with E-state index in [2.05, 4.69) is 26.1 Å². The van der Waals surface area contributed by atoms with E-state index in [0.717, 1.165) is 6.54 Å². The summed E-state index contributed by atoms with van der Waals surface area (Å²) in [7, 11) is 0. The Balaban J connectivity index is 3.30. The summed E-state index contributed by atoms with van der Waals surface area (Å²) in [5, 5.41) is 13.4. The van der Waals surface area contributed by atoms with Crippen LogP contribution in [-0.4, -0.2) is 12.8 Å². The van der Waals surface area contributed by atoms with Crippen molar-refractivity contribution < 1.29 is 5.11 Å². The molecular formula is C8H18NO. The van der Waals surface area contributed by atoms with Crippen LogP contribution < -0.4 is 5.32 Å². The Bertz CT molecular complexity index is 81.3. The van der Waals surface area contributed by atoms with Crippen molar-refractivity contribution in [1.29, 1.82) is 0 Å². The van der Waals surface area contributed by atoms with E-state index in [1.165, 1.54) is 0 Å². The van der Waals surface area contributed by atoms with Crippen molar-refractivity contribution in [3.8, 4) is 0 Å². The molecule has 0 aromatic carbocycles. The Morgan fingerprint density at radius 2 is 1.70 bits per heavy atom. The molecule has 0 aliphatic heterocycles. The Hall–Kier alpha value is -0.0800. The average Bonchev–Trinajstić information content (AvgIpc) is 1.82. The summed E-state index contributed by atoms with van der Waals surface area (Å²) in [5.74, 6) is 1.25. The van der Waals surface area contributed by atoms with Gasteiger partial charge in [0.1, 0.15) is 6.23 Å². The molecule has 2 nitrogen and oxygen atoms in total. The Morgan fingerprint density at radius 3 is 2.00 bits per heavy atom. The zero-order valence-corrected chi connectivity index (χ0v) is 7.35. The first-order valence-corrected chi connectivity index (χ1v) is 3.93. The minimum absolute atomic E-state index is 0.594. The van der Waals surface area contributed by atoms with Gasteiger partial charge in [0.25, 0.3) is 0 Å². The molecule has 2 unspecified atom stereocenters. The van der Waals surface area contributed by atoms with Crippen LogP contribution in [0.25, 0.3) is 0 Å². The van der Waals surface area contributed by atoms with Gasteiger partial charge >= 0.3 is 0 Å². The molecule has 2 heteroatoms. The first kappa shape index (κ1) is 9.92. The number of rotatable bonds is 4. The van der Waals surface area contributed by atoms with Crippen LogP contribution >= 0.6 is 0 Å². The zero-order chi connectivity index (χ0) is 8.15. The van der Waals surface area contributed by atoms with Gasteiger partial charge in [-0.1, -0.05) is 20.8 Å². The van der Waals surface area contributed by atoms with E-state index in [4.69, 9.17) is 0 Å². The predicted molar refractivity (Wildman–Crippen MR) is 42.2 cm³/mol. The summed E-state index contributed by atoms with van der Waals surface area (Å²) in [6.07, 6.45) is -0.624. The second-order valence-corrected chi connectivity index (χ2v) is 3.27. The summed E-state index contributed by atoms with van der Waals surface area (Å²) < 4.78 is 0. The van der Waals surface area contributed by atoms with Gasteiger partial charge in [0, 0.05) is 6.54 Å². The molecule has 1 radical (unpaired) electrons. The van der Waals surface area contributed by atoms with Crippen molar-refractivity contribution in [2.45, 2.75) is 33.9 Å². The molecule has 0 heterocycles. The second kappa shape index (κ2) is 4.69. The lowest BCUT2D eigenvalue weighted by Crippen LogP contribution is -2.30. The smallest absolute Gasteiger partial charge is 0.140 e. The fourth-order valence-corrected chi connectivity index (χ4v) is 0.588. The maximum absolute atomic E-state index is 10.5. The zero-order valence-electron chi connectivity index (χ0n) is 7.35. The maximum atomic E-state index is 10.5. The lowest BCUT2D eigenvalue weighted by molar-refractivity contribution is 0.0698.